The fourth-order valence-corrected chi connectivity index (χ4v) is 3.18. The third kappa shape index (κ3) is 6.31. The molecule has 9 heteroatoms. The van der Waals surface area contributed by atoms with Crippen molar-refractivity contribution in [1.29, 1.82) is 0 Å². The highest BCUT2D eigenvalue weighted by atomic mass is 127. The van der Waals surface area contributed by atoms with Crippen molar-refractivity contribution >= 4 is 41.5 Å². The smallest absolute Gasteiger partial charge is 0.248 e. The highest BCUT2D eigenvalue weighted by Crippen LogP contribution is 2.19. The molecule has 1 N–H and O–H groups in total. The Balaban J connectivity index is 0.00000280. The Bertz CT molecular complexity index is 753. The van der Waals surface area contributed by atoms with Crippen LogP contribution < -0.4 is 5.32 Å². The first kappa shape index (κ1) is 22.9. The van der Waals surface area contributed by atoms with Crippen molar-refractivity contribution in [2.24, 2.45) is 10.9 Å². The molecule has 1 aliphatic rings. The molecule has 3 rings (SSSR count). The summed E-state index contributed by atoms with van der Waals surface area (Å²) in [6.45, 7) is 8.74. The van der Waals surface area contributed by atoms with Crippen LogP contribution in [0.3, 0.4) is 0 Å². The molecule has 154 valence electrons. The average Bonchev–Trinajstić information content (AvgIpc) is 3.34. The van der Waals surface area contributed by atoms with Crippen LogP contribution in [0, 0.1) is 5.92 Å². The van der Waals surface area contributed by atoms with Gasteiger partial charge in [0.25, 0.3) is 0 Å². The monoisotopic (exact) mass is 519 g/mol. The molecule has 0 bridgehead atoms. The first-order valence-electron chi connectivity index (χ1n) is 9.39. The van der Waals surface area contributed by atoms with Crippen molar-refractivity contribution in [3.63, 3.8) is 0 Å². The van der Waals surface area contributed by atoms with Crippen LogP contribution in [0.5, 0.6) is 0 Å². The molecule has 1 unspecified atom stereocenters. The predicted octanol–water partition coefficient (Wildman–Crippen LogP) is 3.83. The Morgan fingerprint density at radius 2 is 2.14 bits per heavy atom. The van der Waals surface area contributed by atoms with Gasteiger partial charge in [0.05, 0.1) is 6.61 Å². The van der Waals surface area contributed by atoms with Gasteiger partial charge in [-0.1, -0.05) is 16.8 Å². The molecule has 0 radical (unpaired) electrons. The second-order valence-electron chi connectivity index (χ2n) is 6.45. The number of halogens is 2. The van der Waals surface area contributed by atoms with E-state index < -0.39 is 0 Å². The van der Waals surface area contributed by atoms with Crippen molar-refractivity contribution in [1.82, 2.24) is 20.4 Å². The molecule has 0 amide bonds. The van der Waals surface area contributed by atoms with Gasteiger partial charge in [0, 0.05) is 42.7 Å². The van der Waals surface area contributed by atoms with E-state index in [1.807, 2.05) is 19.1 Å². The third-order valence-electron chi connectivity index (χ3n) is 4.41. The van der Waals surface area contributed by atoms with E-state index in [2.05, 4.69) is 32.3 Å². The van der Waals surface area contributed by atoms with Gasteiger partial charge >= 0.3 is 0 Å². The lowest BCUT2D eigenvalue weighted by Gasteiger charge is -2.21. The van der Waals surface area contributed by atoms with Gasteiger partial charge in [-0.15, -0.1) is 24.0 Å². The van der Waals surface area contributed by atoms with E-state index in [0.29, 0.717) is 29.2 Å². The molecule has 2 aromatic rings. The SMILES string of the molecule is CCNC(=NCc1nc(-c2ccc(Cl)cc2)no1)N1CCC(COCC)C1.I. The number of nitrogens with zero attached hydrogens (tertiary/aromatic N) is 4. The van der Waals surface area contributed by atoms with Gasteiger partial charge in [-0.3, -0.25) is 0 Å². The molecule has 0 saturated carbocycles. The van der Waals surface area contributed by atoms with Crippen LogP contribution in [0.25, 0.3) is 11.4 Å². The summed E-state index contributed by atoms with van der Waals surface area (Å²) in [5.74, 6) is 2.46. The summed E-state index contributed by atoms with van der Waals surface area (Å²) < 4.78 is 10.9. The van der Waals surface area contributed by atoms with E-state index in [-0.39, 0.29) is 24.0 Å². The van der Waals surface area contributed by atoms with Crippen molar-refractivity contribution in [2.75, 3.05) is 32.8 Å². The Hall–Kier alpha value is -1.39. The summed E-state index contributed by atoms with van der Waals surface area (Å²) in [4.78, 5) is 11.4. The molecule has 0 spiro atoms. The number of benzene rings is 1. The molecule has 2 heterocycles. The number of ether oxygens (including phenoxy) is 1. The molecule has 28 heavy (non-hydrogen) atoms. The molecule has 1 aromatic heterocycles. The van der Waals surface area contributed by atoms with Gasteiger partial charge in [-0.25, -0.2) is 4.99 Å². The summed E-state index contributed by atoms with van der Waals surface area (Å²) in [7, 11) is 0. The van der Waals surface area contributed by atoms with Gasteiger partial charge in [0.1, 0.15) is 6.54 Å². The predicted molar refractivity (Wildman–Crippen MR) is 121 cm³/mol. The Kier molecular flexibility index (Phi) is 9.46. The van der Waals surface area contributed by atoms with E-state index in [1.165, 1.54) is 0 Å². The maximum Gasteiger partial charge on any atom is 0.248 e. The second kappa shape index (κ2) is 11.6. The quantitative estimate of drug-likeness (QED) is 0.340. The van der Waals surface area contributed by atoms with E-state index in [0.717, 1.165) is 50.8 Å². The molecule has 0 aliphatic carbocycles. The van der Waals surface area contributed by atoms with Gasteiger partial charge < -0.3 is 19.5 Å². The largest absolute Gasteiger partial charge is 0.381 e. The van der Waals surface area contributed by atoms with Crippen molar-refractivity contribution in [3.05, 3.63) is 35.2 Å². The molecule has 1 atom stereocenters. The van der Waals surface area contributed by atoms with E-state index in [4.69, 9.17) is 20.9 Å². The van der Waals surface area contributed by atoms with Crippen LogP contribution in [0.1, 0.15) is 26.2 Å². The maximum absolute atomic E-state index is 5.92. The number of hydrogen-bond donors (Lipinski definition) is 1. The fraction of sp³-hybridized carbons (Fsp3) is 0.526. The molecular formula is C19H27ClIN5O2. The minimum atomic E-state index is 0. The van der Waals surface area contributed by atoms with Gasteiger partial charge in [-0.05, 0) is 44.5 Å². The lowest BCUT2D eigenvalue weighted by atomic mass is 10.1. The minimum Gasteiger partial charge on any atom is -0.381 e. The highest BCUT2D eigenvalue weighted by Gasteiger charge is 2.25. The zero-order valence-corrected chi connectivity index (χ0v) is 19.3. The summed E-state index contributed by atoms with van der Waals surface area (Å²) in [5, 5.41) is 8.06. The lowest BCUT2D eigenvalue weighted by Crippen LogP contribution is -2.40. The van der Waals surface area contributed by atoms with Gasteiger partial charge in [0.15, 0.2) is 5.96 Å². The maximum atomic E-state index is 5.92. The molecule has 1 aromatic carbocycles. The third-order valence-corrected chi connectivity index (χ3v) is 4.66. The molecule has 1 fully saturated rings. The van der Waals surface area contributed by atoms with Crippen LogP contribution >= 0.6 is 35.6 Å². The van der Waals surface area contributed by atoms with Crippen molar-refractivity contribution < 1.29 is 9.26 Å². The van der Waals surface area contributed by atoms with Crippen LogP contribution in [0.2, 0.25) is 5.02 Å². The number of rotatable bonds is 7. The minimum absolute atomic E-state index is 0. The van der Waals surface area contributed by atoms with Gasteiger partial charge in [0.2, 0.25) is 11.7 Å². The average molecular weight is 520 g/mol. The zero-order valence-electron chi connectivity index (χ0n) is 16.2. The van der Waals surface area contributed by atoms with Crippen LogP contribution in [-0.4, -0.2) is 53.8 Å². The summed E-state index contributed by atoms with van der Waals surface area (Å²) in [6.07, 6.45) is 1.12. The highest BCUT2D eigenvalue weighted by molar-refractivity contribution is 14.0. The number of hydrogen-bond acceptors (Lipinski definition) is 5. The molecule has 1 aliphatic heterocycles. The number of guanidine groups is 1. The van der Waals surface area contributed by atoms with E-state index >= 15 is 0 Å². The Morgan fingerprint density at radius 1 is 1.36 bits per heavy atom. The molecule has 1 saturated heterocycles. The van der Waals surface area contributed by atoms with Gasteiger partial charge in [-0.2, -0.15) is 4.98 Å². The second-order valence-corrected chi connectivity index (χ2v) is 6.89. The number of likely N-dealkylation sites (tertiary alicyclic amines) is 1. The van der Waals surface area contributed by atoms with Crippen molar-refractivity contribution in [3.8, 4) is 11.4 Å². The van der Waals surface area contributed by atoms with Crippen molar-refractivity contribution in [2.45, 2.75) is 26.8 Å². The number of aromatic nitrogens is 2. The fourth-order valence-electron chi connectivity index (χ4n) is 3.05. The Morgan fingerprint density at radius 3 is 2.86 bits per heavy atom. The standard InChI is InChI=1S/C19H26ClN5O2.HI/c1-3-21-19(25-10-9-14(12-25)13-26-4-2)22-11-17-23-18(24-27-17)15-5-7-16(20)8-6-15;/h5-8,14H,3-4,9-13H2,1-2H3,(H,21,22);1H. The van der Waals surface area contributed by atoms with Crippen LogP contribution in [0.4, 0.5) is 0 Å². The first-order valence-corrected chi connectivity index (χ1v) is 9.77. The number of aliphatic imine (C=N–C) groups is 1. The lowest BCUT2D eigenvalue weighted by molar-refractivity contribution is 0.114. The first-order chi connectivity index (χ1) is 13.2. The van der Waals surface area contributed by atoms with Crippen LogP contribution in [0.15, 0.2) is 33.8 Å². The molecule has 7 nitrogen and oxygen atoms in total. The number of nitrogens with one attached hydrogen (secondary N) is 1. The summed E-state index contributed by atoms with van der Waals surface area (Å²) in [5.41, 5.74) is 0.864. The molecular weight excluding hydrogens is 493 g/mol. The van der Waals surface area contributed by atoms with E-state index in [9.17, 15) is 0 Å². The summed E-state index contributed by atoms with van der Waals surface area (Å²) in [6, 6.07) is 7.35. The normalized spacial score (nSPS) is 16.9. The topological polar surface area (TPSA) is 75.8 Å². The Labute approximate surface area is 187 Å². The summed E-state index contributed by atoms with van der Waals surface area (Å²) >= 11 is 5.92. The zero-order chi connectivity index (χ0) is 19.1. The van der Waals surface area contributed by atoms with E-state index in [1.54, 1.807) is 12.1 Å². The van der Waals surface area contributed by atoms with Crippen LogP contribution in [-0.2, 0) is 11.3 Å².